The topological polar surface area (TPSA) is 56.3 Å². The van der Waals surface area contributed by atoms with Crippen LogP contribution in [0, 0.1) is 0 Å². The molecule has 5 nitrogen and oxygen atoms in total. The van der Waals surface area contributed by atoms with Gasteiger partial charge in [-0.05, 0) is 41.3 Å². The smallest absolute Gasteiger partial charge is 0.161 e. The first-order valence-corrected chi connectivity index (χ1v) is 9.42. The van der Waals surface area contributed by atoms with Crippen LogP contribution < -0.4 is 14.8 Å². The highest BCUT2D eigenvalue weighted by Gasteiger charge is 2.12. The van der Waals surface area contributed by atoms with E-state index in [0.717, 1.165) is 33.0 Å². The zero-order valence-corrected chi connectivity index (χ0v) is 15.9. The molecule has 0 saturated heterocycles. The zero-order valence-electron chi connectivity index (χ0n) is 15.1. The molecule has 0 unspecified atom stereocenters. The fourth-order valence-electron chi connectivity index (χ4n) is 2.88. The van der Waals surface area contributed by atoms with Gasteiger partial charge in [-0.15, -0.1) is 11.3 Å². The Labute approximate surface area is 161 Å². The molecule has 6 heteroatoms. The van der Waals surface area contributed by atoms with Crippen LogP contribution in [0.3, 0.4) is 0 Å². The SMILES string of the molecule is COc1ccc(CNc2nc3ccccc3nc2-c2cccs2)cc1OC. The summed E-state index contributed by atoms with van der Waals surface area (Å²) in [7, 11) is 3.27. The van der Waals surface area contributed by atoms with Crippen molar-refractivity contribution < 1.29 is 9.47 Å². The Bertz CT molecular complexity index is 1060. The molecule has 0 fully saturated rings. The summed E-state index contributed by atoms with van der Waals surface area (Å²) < 4.78 is 10.7. The Hall–Kier alpha value is -3.12. The van der Waals surface area contributed by atoms with Gasteiger partial charge in [-0.2, -0.15) is 0 Å². The monoisotopic (exact) mass is 377 g/mol. The molecule has 0 aliphatic heterocycles. The third-order valence-corrected chi connectivity index (χ3v) is 5.11. The molecule has 1 N–H and O–H groups in total. The fraction of sp³-hybridized carbons (Fsp3) is 0.143. The van der Waals surface area contributed by atoms with Crippen LogP contribution in [0.5, 0.6) is 11.5 Å². The summed E-state index contributed by atoms with van der Waals surface area (Å²) in [5.74, 6) is 2.19. The maximum absolute atomic E-state index is 5.39. The molecule has 2 aromatic heterocycles. The van der Waals surface area contributed by atoms with E-state index < -0.39 is 0 Å². The fourth-order valence-corrected chi connectivity index (χ4v) is 3.60. The third-order valence-electron chi connectivity index (χ3n) is 4.23. The second kappa shape index (κ2) is 7.63. The number of hydrogen-bond acceptors (Lipinski definition) is 6. The number of fused-ring (bicyclic) bond motifs is 1. The van der Waals surface area contributed by atoms with Crippen LogP contribution in [0.1, 0.15) is 5.56 Å². The maximum atomic E-state index is 5.39. The van der Waals surface area contributed by atoms with E-state index in [9.17, 15) is 0 Å². The number of nitrogens with zero attached hydrogens (tertiary/aromatic N) is 2. The van der Waals surface area contributed by atoms with Crippen molar-refractivity contribution in [3.8, 4) is 22.1 Å². The molecule has 0 spiro atoms. The average molecular weight is 377 g/mol. The average Bonchev–Trinajstić information content (AvgIpc) is 3.26. The maximum Gasteiger partial charge on any atom is 0.161 e. The summed E-state index contributed by atoms with van der Waals surface area (Å²) in [5.41, 5.74) is 3.69. The molecule has 0 amide bonds. The van der Waals surface area contributed by atoms with E-state index in [-0.39, 0.29) is 0 Å². The van der Waals surface area contributed by atoms with Gasteiger partial charge in [-0.1, -0.05) is 24.3 Å². The number of nitrogens with one attached hydrogen (secondary N) is 1. The number of hydrogen-bond donors (Lipinski definition) is 1. The van der Waals surface area contributed by atoms with Gasteiger partial charge in [0.1, 0.15) is 5.69 Å². The van der Waals surface area contributed by atoms with Crippen molar-refractivity contribution in [2.45, 2.75) is 6.54 Å². The Kier molecular flexibility index (Phi) is 4.89. The van der Waals surface area contributed by atoms with Gasteiger partial charge in [-0.3, -0.25) is 0 Å². The number of rotatable bonds is 6. The Morgan fingerprint density at radius 1 is 0.889 bits per heavy atom. The van der Waals surface area contributed by atoms with Crippen LogP contribution >= 0.6 is 11.3 Å². The van der Waals surface area contributed by atoms with E-state index in [1.807, 2.05) is 53.9 Å². The van der Waals surface area contributed by atoms with Gasteiger partial charge in [0.15, 0.2) is 17.3 Å². The van der Waals surface area contributed by atoms with Crippen molar-refractivity contribution in [2.24, 2.45) is 0 Å². The van der Waals surface area contributed by atoms with E-state index in [1.54, 1.807) is 25.6 Å². The lowest BCUT2D eigenvalue weighted by molar-refractivity contribution is 0.354. The number of aromatic nitrogens is 2. The van der Waals surface area contributed by atoms with Gasteiger partial charge in [0.05, 0.1) is 30.1 Å². The standard InChI is InChI=1S/C21H19N3O2S/c1-25-17-10-9-14(12-18(17)26-2)13-22-21-20(19-8-5-11-27-19)23-15-6-3-4-7-16(15)24-21/h3-12H,13H2,1-2H3,(H,22,24). The summed E-state index contributed by atoms with van der Waals surface area (Å²) in [4.78, 5) is 10.7. The van der Waals surface area contributed by atoms with Crippen molar-refractivity contribution in [3.05, 3.63) is 65.5 Å². The van der Waals surface area contributed by atoms with E-state index in [4.69, 9.17) is 19.4 Å². The molecule has 2 aromatic carbocycles. The Balaban J connectivity index is 1.68. The largest absolute Gasteiger partial charge is 0.493 e. The molecule has 2 heterocycles. The van der Waals surface area contributed by atoms with Gasteiger partial charge in [0.2, 0.25) is 0 Å². The molecule has 0 saturated carbocycles. The van der Waals surface area contributed by atoms with Gasteiger partial charge in [-0.25, -0.2) is 9.97 Å². The predicted octanol–water partition coefficient (Wildman–Crippen LogP) is 4.99. The summed E-state index contributed by atoms with van der Waals surface area (Å²) in [6, 6.07) is 17.9. The van der Waals surface area contributed by atoms with Crippen LogP contribution in [0.15, 0.2) is 60.0 Å². The highest BCUT2D eigenvalue weighted by atomic mass is 32.1. The number of benzene rings is 2. The first-order chi connectivity index (χ1) is 13.3. The minimum absolute atomic E-state index is 0.603. The van der Waals surface area contributed by atoms with Gasteiger partial charge in [0.25, 0.3) is 0 Å². The highest BCUT2D eigenvalue weighted by molar-refractivity contribution is 7.13. The van der Waals surface area contributed by atoms with Crippen molar-refractivity contribution in [2.75, 3.05) is 19.5 Å². The number of thiophene rings is 1. The number of ether oxygens (including phenoxy) is 2. The molecule has 0 bridgehead atoms. The second-order valence-electron chi connectivity index (χ2n) is 5.93. The quantitative estimate of drug-likeness (QED) is 0.513. The number of anilines is 1. The summed E-state index contributed by atoms with van der Waals surface area (Å²) in [6.45, 7) is 0.603. The highest BCUT2D eigenvalue weighted by Crippen LogP contribution is 2.31. The van der Waals surface area contributed by atoms with E-state index >= 15 is 0 Å². The van der Waals surface area contributed by atoms with Crippen LogP contribution in [0.2, 0.25) is 0 Å². The summed E-state index contributed by atoms with van der Waals surface area (Å²) in [5, 5.41) is 5.48. The Morgan fingerprint density at radius 2 is 1.67 bits per heavy atom. The molecule has 27 heavy (non-hydrogen) atoms. The molecule has 4 aromatic rings. The van der Waals surface area contributed by atoms with Crippen LogP contribution in [0.4, 0.5) is 5.82 Å². The lowest BCUT2D eigenvalue weighted by Crippen LogP contribution is -2.05. The number of methoxy groups -OCH3 is 2. The van der Waals surface area contributed by atoms with Crippen LogP contribution in [-0.4, -0.2) is 24.2 Å². The van der Waals surface area contributed by atoms with E-state index in [0.29, 0.717) is 18.0 Å². The molecule has 4 rings (SSSR count). The minimum atomic E-state index is 0.603. The Morgan fingerprint density at radius 3 is 2.37 bits per heavy atom. The normalized spacial score (nSPS) is 10.7. The molecule has 0 radical (unpaired) electrons. The minimum Gasteiger partial charge on any atom is -0.493 e. The van der Waals surface area contributed by atoms with Crippen LogP contribution in [-0.2, 0) is 6.54 Å². The lowest BCUT2D eigenvalue weighted by atomic mass is 10.2. The lowest BCUT2D eigenvalue weighted by Gasteiger charge is -2.13. The molecular weight excluding hydrogens is 358 g/mol. The van der Waals surface area contributed by atoms with Gasteiger partial charge in [0, 0.05) is 6.54 Å². The van der Waals surface area contributed by atoms with Gasteiger partial charge >= 0.3 is 0 Å². The van der Waals surface area contributed by atoms with Crippen molar-refractivity contribution in [1.82, 2.24) is 9.97 Å². The molecule has 0 atom stereocenters. The molecule has 0 aliphatic carbocycles. The van der Waals surface area contributed by atoms with E-state index in [1.165, 1.54) is 0 Å². The summed E-state index contributed by atoms with van der Waals surface area (Å²) in [6.07, 6.45) is 0. The van der Waals surface area contributed by atoms with Crippen molar-refractivity contribution >= 4 is 28.2 Å². The third kappa shape index (κ3) is 3.57. The first kappa shape index (κ1) is 17.3. The first-order valence-electron chi connectivity index (χ1n) is 8.54. The molecule has 0 aliphatic rings. The predicted molar refractivity (Wildman–Crippen MR) is 110 cm³/mol. The van der Waals surface area contributed by atoms with Crippen molar-refractivity contribution in [3.63, 3.8) is 0 Å². The van der Waals surface area contributed by atoms with Crippen LogP contribution in [0.25, 0.3) is 21.6 Å². The second-order valence-corrected chi connectivity index (χ2v) is 6.88. The van der Waals surface area contributed by atoms with Crippen molar-refractivity contribution in [1.29, 1.82) is 0 Å². The molecule has 136 valence electrons. The molecular formula is C21H19N3O2S. The summed E-state index contributed by atoms with van der Waals surface area (Å²) >= 11 is 1.65. The zero-order chi connectivity index (χ0) is 18.6. The van der Waals surface area contributed by atoms with Gasteiger partial charge < -0.3 is 14.8 Å². The number of para-hydroxylation sites is 2. The van der Waals surface area contributed by atoms with E-state index in [2.05, 4.69) is 11.4 Å².